The number of rotatable bonds is 6. The Bertz CT molecular complexity index is 1720. The molecule has 1 saturated heterocycles. The molecule has 49 heavy (non-hydrogen) atoms. The second-order valence-corrected chi connectivity index (χ2v) is 10.7. The molecule has 3 N–H and O–H groups in total. The summed E-state index contributed by atoms with van der Waals surface area (Å²) in [6.45, 7) is 2.53. The van der Waals surface area contributed by atoms with E-state index in [2.05, 4.69) is 15.2 Å². The van der Waals surface area contributed by atoms with Crippen molar-refractivity contribution in [3.8, 4) is 0 Å². The fourth-order valence-corrected chi connectivity index (χ4v) is 4.41. The number of amides is 1. The van der Waals surface area contributed by atoms with Crippen LogP contribution in [0.4, 0.5) is 38.0 Å². The lowest BCUT2D eigenvalue weighted by Gasteiger charge is -2.21. The smallest absolute Gasteiger partial charge is 0.475 e. The first-order valence-electron chi connectivity index (χ1n) is 14.4. The minimum atomic E-state index is -5.08. The molecular weight excluding hydrogens is 686 g/mol. The molecule has 0 spiro atoms. The van der Waals surface area contributed by atoms with Crippen LogP contribution in [0.25, 0.3) is 17.1 Å². The van der Waals surface area contributed by atoms with Crippen LogP contribution in [0.15, 0.2) is 67.0 Å². The highest BCUT2D eigenvalue weighted by atomic mass is 35.5. The number of carboxylic acid groups (broad SMARTS) is 2. The fourth-order valence-electron chi connectivity index (χ4n) is 4.29. The van der Waals surface area contributed by atoms with Gasteiger partial charge in [-0.2, -0.15) is 31.4 Å². The number of pyridine rings is 2. The van der Waals surface area contributed by atoms with Crippen molar-refractivity contribution in [2.75, 3.05) is 23.3 Å². The Kier molecular flexibility index (Phi) is 13.5. The lowest BCUT2D eigenvalue weighted by atomic mass is 10.2. The van der Waals surface area contributed by atoms with Crippen LogP contribution in [0.2, 0.25) is 5.02 Å². The lowest BCUT2D eigenvalue weighted by molar-refractivity contribution is -0.193. The van der Waals surface area contributed by atoms with E-state index < -0.39 is 24.3 Å². The van der Waals surface area contributed by atoms with Gasteiger partial charge in [0.25, 0.3) is 0 Å². The van der Waals surface area contributed by atoms with Gasteiger partial charge in [0, 0.05) is 36.6 Å². The summed E-state index contributed by atoms with van der Waals surface area (Å²) in [4.78, 5) is 41.9. The van der Waals surface area contributed by atoms with E-state index in [1.54, 1.807) is 18.5 Å². The van der Waals surface area contributed by atoms with Gasteiger partial charge in [0.2, 0.25) is 5.91 Å². The van der Waals surface area contributed by atoms with Crippen molar-refractivity contribution in [2.45, 2.75) is 44.6 Å². The van der Waals surface area contributed by atoms with E-state index in [-0.39, 0.29) is 5.91 Å². The van der Waals surface area contributed by atoms with Gasteiger partial charge in [-0.25, -0.2) is 19.3 Å². The molecular formula is C31H29ClF6N6O5. The van der Waals surface area contributed by atoms with E-state index in [9.17, 15) is 31.1 Å². The molecule has 0 aliphatic carbocycles. The molecule has 1 aliphatic heterocycles. The minimum absolute atomic E-state index is 0.261. The van der Waals surface area contributed by atoms with E-state index in [4.69, 9.17) is 41.5 Å². The number of carboxylic acids is 2. The van der Waals surface area contributed by atoms with Gasteiger partial charge in [0.05, 0.1) is 11.9 Å². The Morgan fingerprint density at radius 1 is 0.878 bits per heavy atom. The standard InChI is InChI=1S/C27H27ClN6O.2C2HF3O2/c28-22-10-7-21(8-11-22)19-34-27-23(12-13-24(30-27)33-16-3-1-2-4-17-33)26(32-34)31-25(35)14-9-20-6-5-15-29-18-20;2*3-2(4,5)1(6)7/h5-15,18H,1-4,16-17,19H2,(H,31,32,35);2*(H,6,7)/b14-9+;;. The minimum Gasteiger partial charge on any atom is -0.475 e. The molecule has 0 saturated carbocycles. The van der Waals surface area contributed by atoms with Crippen LogP contribution in [0.1, 0.15) is 36.8 Å². The molecule has 1 amide bonds. The van der Waals surface area contributed by atoms with Crippen LogP contribution < -0.4 is 10.2 Å². The van der Waals surface area contributed by atoms with E-state index in [1.807, 2.05) is 53.2 Å². The average Bonchev–Trinajstić information content (AvgIpc) is 3.18. The highest BCUT2D eigenvalue weighted by Crippen LogP contribution is 2.27. The molecule has 4 heterocycles. The molecule has 0 atom stereocenters. The predicted octanol–water partition coefficient (Wildman–Crippen LogP) is 6.83. The number of nitrogens with one attached hydrogen (secondary N) is 1. The van der Waals surface area contributed by atoms with Gasteiger partial charge >= 0.3 is 24.3 Å². The van der Waals surface area contributed by atoms with Crippen molar-refractivity contribution >= 4 is 58.2 Å². The summed E-state index contributed by atoms with van der Waals surface area (Å²) in [5.74, 6) is -4.33. The van der Waals surface area contributed by atoms with Crippen LogP contribution >= 0.6 is 11.6 Å². The van der Waals surface area contributed by atoms with Gasteiger partial charge in [-0.05, 0) is 60.4 Å². The molecule has 1 fully saturated rings. The number of hydrogen-bond donors (Lipinski definition) is 3. The zero-order chi connectivity index (χ0) is 36.2. The van der Waals surface area contributed by atoms with Crippen LogP contribution in [0.5, 0.6) is 0 Å². The lowest BCUT2D eigenvalue weighted by Crippen LogP contribution is -2.24. The van der Waals surface area contributed by atoms with Crippen LogP contribution in [0.3, 0.4) is 0 Å². The van der Waals surface area contributed by atoms with E-state index in [0.717, 1.165) is 41.1 Å². The highest BCUT2D eigenvalue weighted by molar-refractivity contribution is 6.30. The third-order valence-electron chi connectivity index (χ3n) is 6.59. The number of aliphatic carboxylic acids is 2. The van der Waals surface area contributed by atoms with Gasteiger partial charge in [0.1, 0.15) is 5.82 Å². The number of anilines is 2. The molecule has 262 valence electrons. The Labute approximate surface area is 279 Å². The second-order valence-electron chi connectivity index (χ2n) is 10.3. The van der Waals surface area contributed by atoms with Crippen LogP contribution in [0, 0.1) is 0 Å². The van der Waals surface area contributed by atoms with Crippen molar-refractivity contribution in [1.82, 2.24) is 19.7 Å². The van der Waals surface area contributed by atoms with Crippen molar-refractivity contribution in [3.05, 3.63) is 83.2 Å². The molecule has 1 aromatic carbocycles. The van der Waals surface area contributed by atoms with Gasteiger partial charge < -0.3 is 20.4 Å². The van der Waals surface area contributed by atoms with Crippen molar-refractivity contribution in [2.24, 2.45) is 0 Å². The summed E-state index contributed by atoms with van der Waals surface area (Å²) in [7, 11) is 0. The number of fused-ring (bicyclic) bond motifs is 1. The summed E-state index contributed by atoms with van der Waals surface area (Å²) in [6, 6.07) is 15.4. The summed E-state index contributed by atoms with van der Waals surface area (Å²) in [6.07, 6.45) is 1.32. The van der Waals surface area contributed by atoms with E-state index in [1.165, 1.54) is 31.8 Å². The Hall–Kier alpha value is -5.19. The summed E-state index contributed by atoms with van der Waals surface area (Å²) in [5, 5.41) is 23.4. The zero-order valence-electron chi connectivity index (χ0n) is 25.4. The molecule has 18 heteroatoms. The van der Waals surface area contributed by atoms with E-state index >= 15 is 0 Å². The van der Waals surface area contributed by atoms with Gasteiger partial charge in [0.15, 0.2) is 11.5 Å². The predicted molar refractivity (Wildman–Crippen MR) is 168 cm³/mol. The second kappa shape index (κ2) is 17.3. The molecule has 0 bridgehead atoms. The zero-order valence-corrected chi connectivity index (χ0v) is 26.1. The van der Waals surface area contributed by atoms with E-state index in [0.29, 0.717) is 17.4 Å². The topological polar surface area (TPSA) is 151 Å². The molecule has 0 radical (unpaired) electrons. The monoisotopic (exact) mass is 714 g/mol. The molecule has 3 aromatic heterocycles. The average molecular weight is 715 g/mol. The van der Waals surface area contributed by atoms with Crippen LogP contribution in [-0.2, 0) is 20.9 Å². The number of hydrogen-bond acceptors (Lipinski definition) is 7. The third-order valence-corrected chi connectivity index (χ3v) is 6.85. The Morgan fingerprint density at radius 3 is 2.00 bits per heavy atom. The first-order chi connectivity index (χ1) is 23.0. The Balaban J connectivity index is 0.000000392. The molecule has 1 aliphatic rings. The Morgan fingerprint density at radius 2 is 1.47 bits per heavy atom. The summed E-state index contributed by atoms with van der Waals surface area (Å²) < 4.78 is 65.3. The number of carbonyl (C=O) groups is 3. The number of nitrogens with zero attached hydrogens (tertiary/aromatic N) is 5. The SMILES string of the molecule is O=C(/C=C/c1cccnc1)Nc1nn(Cc2ccc(Cl)cc2)c2nc(N3CCCCCC3)ccc12.O=C(O)C(F)(F)F.O=C(O)C(F)(F)F. The number of halogens is 7. The molecule has 4 aromatic rings. The van der Waals surface area contributed by atoms with Crippen molar-refractivity contribution < 1.29 is 50.9 Å². The fraction of sp³-hybridized carbons (Fsp3) is 0.290. The number of alkyl halides is 6. The van der Waals surface area contributed by atoms with Gasteiger partial charge in [-0.15, -0.1) is 0 Å². The maximum atomic E-state index is 12.7. The number of benzene rings is 1. The maximum Gasteiger partial charge on any atom is 0.490 e. The highest BCUT2D eigenvalue weighted by Gasteiger charge is 2.38. The number of aromatic nitrogens is 4. The van der Waals surface area contributed by atoms with Gasteiger partial charge in [-0.1, -0.05) is 42.6 Å². The van der Waals surface area contributed by atoms with Gasteiger partial charge in [-0.3, -0.25) is 9.78 Å². The quantitative estimate of drug-likeness (QED) is 0.144. The first kappa shape index (κ1) is 38.3. The molecule has 11 nitrogen and oxygen atoms in total. The first-order valence-corrected chi connectivity index (χ1v) is 14.8. The normalized spacial score (nSPS) is 13.5. The largest absolute Gasteiger partial charge is 0.490 e. The number of carbonyl (C=O) groups excluding carboxylic acids is 1. The van der Waals surface area contributed by atoms with Crippen molar-refractivity contribution in [1.29, 1.82) is 0 Å². The molecule has 5 rings (SSSR count). The van der Waals surface area contributed by atoms with Crippen molar-refractivity contribution in [3.63, 3.8) is 0 Å². The maximum absolute atomic E-state index is 12.7. The molecule has 0 unspecified atom stereocenters. The third kappa shape index (κ3) is 12.4. The summed E-state index contributed by atoms with van der Waals surface area (Å²) in [5.41, 5.74) is 2.65. The van der Waals surface area contributed by atoms with Crippen LogP contribution in [-0.4, -0.2) is 73.2 Å². The summed E-state index contributed by atoms with van der Waals surface area (Å²) >= 11 is 6.07.